The van der Waals surface area contributed by atoms with Gasteiger partial charge < -0.3 is 64.2 Å². The highest BCUT2D eigenvalue weighted by Gasteiger charge is 2.47. The first kappa shape index (κ1) is 58.8. The summed E-state index contributed by atoms with van der Waals surface area (Å²) >= 11 is 0. The number of rotatable bonds is 35. The van der Waals surface area contributed by atoms with Crippen LogP contribution in [-0.4, -0.2) is 142 Å². The smallest absolute Gasteiger partial charge is 0.306 e. The average Bonchev–Trinajstić information content (AvgIpc) is 3.31. The summed E-state index contributed by atoms with van der Waals surface area (Å²) in [4.78, 5) is 25.7. The molecule has 376 valence electrons. The van der Waals surface area contributed by atoms with Crippen molar-refractivity contribution < 1.29 is 73.8 Å². The number of hydrogen-bond acceptors (Lipinski definition) is 15. The van der Waals surface area contributed by atoms with Crippen molar-refractivity contribution in [2.24, 2.45) is 0 Å². The fourth-order valence-electron chi connectivity index (χ4n) is 6.91. The Morgan fingerprint density at radius 2 is 1.03 bits per heavy atom. The normalized spacial score (nSPS) is 26.9. The van der Waals surface area contributed by atoms with Crippen LogP contribution in [0, 0.1) is 0 Å². The highest BCUT2D eigenvalue weighted by molar-refractivity contribution is 5.70. The maximum Gasteiger partial charge on any atom is 0.306 e. The summed E-state index contributed by atoms with van der Waals surface area (Å²) in [6, 6.07) is 0. The standard InChI is InChI=1S/C51H82O15/c1-3-5-7-9-11-13-15-17-18-19-20-22-23-25-27-29-31-33-42(53)61-36-39(64-43(54)34-32-30-28-26-24-21-16-14-12-10-8-6-4-2)37-62-50-49(60)47(58)45(56)41(66-50)38-63-51-48(59)46(57)44(55)40(35-52)65-51/h6,8,10-14,16-18,20,22,25,27,39-41,44-52,55-60H,3-5,7,9,15,19,21,23-24,26,28-38H2,1-2H3/b8-6+,12-10+,13-11+,16-14+,18-17+,22-20+,27-25+/t39?,40-,41-,44+,45+,46?,47?,48?,49?,50-,51-/m1/s1. The molecule has 0 amide bonds. The maximum absolute atomic E-state index is 12.9. The molecule has 0 aromatic carbocycles. The molecule has 0 aliphatic carbocycles. The largest absolute Gasteiger partial charge is 0.462 e. The highest BCUT2D eigenvalue weighted by atomic mass is 16.7. The fraction of sp³-hybridized carbons (Fsp3) is 0.686. The number of esters is 2. The molecule has 2 rings (SSSR count). The van der Waals surface area contributed by atoms with E-state index in [1.807, 2.05) is 36.5 Å². The van der Waals surface area contributed by atoms with Crippen LogP contribution in [0.4, 0.5) is 0 Å². The second-order valence-electron chi connectivity index (χ2n) is 16.6. The minimum Gasteiger partial charge on any atom is -0.462 e. The minimum atomic E-state index is -1.78. The van der Waals surface area contributed by atoms with Gasteiger partial charge in [-0.3, -0.25) is 9.59 Å². The van der Waals surface area contributed by atoms with Gasteiger partial charge in [-0.25, -0.2) is 0 Å². The van der Waals surface area contributed by atoms with E-state index < -0.39 is 99.3 Å². The highest BCUT2D eigenvalue weighted by Crippen LogP contribution is 2.26. The molecule has 2 heterocycles. The van der Waals surface area contributed by atoms with Crippen LogP contribution >= 0.6 is 0 Å². The second-order valence-corrected chi connectivity index (χ2v) is 16.6. The molecule has 5 unspecified atom stereocenters. The molecule has 0 bridgehead atoms. The lowest BCUT2D eigenvalue weighted by Gasteiger charge is -2.42. The first-order valence-corrected chi connectivity index (χ1v) is 24.2. The second kappa shape index (κ2) is 37.6. The third kappa shape index (κ3) is 25.7. The van der Waals surface area contributed by atoms with Gasteiger partial charge in [0, 0.05) is 12.8 Å². The topological polar surface area (TPSA) is 231 Å². The number of hydrogen-bond donors (Lipinski definition) is 7. The van der Waals surface area contributed by atoms with Crippen LogP contribution < -0.4 is 0 Å². The summed E-state index contributed by atoms with van der Waals surface area (Å²) in [6.07, 6.45) is 27.7. The van der Waals surface area contributed by atoms with Gasteiger partial charge in [-0.05, 0) is 70.6 Å². The molecular weight excluding hydrogens is 853 g/mol. The quantitative estimate of drug-likeness (QED) is 0.0166. The lowest BCUT2D eigenvalue weighted by molar-refractivity contribution is -0.332. The first-order chi connectivity index (χ1) is 32.0. The molecule has 7 N–H and O–H groups in total. The summed E-state index contributed by atoms with van der Waals surface area (Å²) in [5.74, 6) is -1.03. The molecular formula is C51H82O15. The number of carbonyl (C=O) groups is 2. The van der Waals surface area contributed by atoms with Crippen molar-refractivity contribution in [1.29, 1.82) is 0 Å². The molecule has 2 saturated heterocycles. The summed E-state index contributed by atoms with van der Waals surface area (Å²) in [7, 11) is 0. The number of ether oxygens (including phenoxy) is 6. The van der Waals surface area contributed by atoms with Gasteiger partial charge in [0.15, 0.2) is 18.7 Å². The Labute approximate surface area is 393 Å². The molecule has 2 aliphatic rings. The number of allylic oxidation sites excluding steroid dienone is 14. The Balaban J connectivity index is 1.87. The summed E-state index contributed by atoms with van der Waals surface area (Å²) in [5, 5.41) is 72.0. The van der Waals surface area contributed by atoms with Crippen LogP contribution in [0.3, 0.4) is 0 Å². The lowest BCUT2D eigenvalue weighted by atomic mass is 9.98. The van der Waals surface area contributed by atoms with Gasteiger partial charge in [-0.15, -0.1) is 0 Å². The zero-order valence-electron chi connectivity index (χ0n) is 39.4. The van der Waals surface area contributed by atoms with Crippen molar-refractivity contribution in [3.63, 3.8) is 0 Å². The van der Waals surface area contributed by atoms with Crippen molar-refractivity contribution in [2.45, 2.75) is 197 Å². The number of aliphatic hydroxyl groups is 7. The van der Waals surface area contributed by atoms with E-state index in [1.54, 1.807) is 0 Å². The van der Waals surface area contributed by atoms with E-state index in [1.165, 1.54) is 19.3 Å². The molecule has 0 radical (unpaired) electrons. The Morgan fingerprint density at radius 3 is 1.67 bits per heavy atom. The molecule has 0 aromatic rings. The molecule has 2 aliphatic heterocycles. The van der Waals surface area contributed by atoms with Gasteiger partial charge in [0.1, 0.15) is 55.4 Å². The number of carbonyl (C=O) groups excluding carboxylic acids is 2. The van der Waals surface area contributed by atoms with Gasteiger partial charge in [-0.1, -0.05) is 131 Å². The van der Waals surface area contributed by atoms with Gasteiger partial charge >= 0.3 is 11.9 Å². The maximum atomic E-state index is 12.9. The van der Waals surface area contributed by atoms with Crippen LogP contribution in [0.5, 0.6) is 0 Å². The Hall–Kier alpha value is -3.32. The molecule has 15 heteroatoms. The molecule has 0 aromatic heterocycles. The van der Waals surface area contributed by atoms with Crippen molar-refractivity contribution >= 4 is 11.9 Å². The number of aliphatic hydroxyl groups excluding tert-OH is 7. The van der Waals surface area contributed by atoms with Crippen LogP contribution in [0.1, 0.15) is 129 Å². The monoisotopic (exact) mass is 935 g/mol. The van der Waals surface area contributed by atoms with E-state index in [0.717, 1.165) is 64.2 Å². The van der Waals surface area contributed by atoms with E-state index in [4.69, 9.17) is 28.4 Å². The summed E-state index contributed by atoms with van der Waals surface area (Å²) in [6.45, 7) is 2.31. The van der Waals surface area contributed by atoms with Crippen LogP contribution in [-0.2, 0) is 38.0 Å². The SMILES string of the molecule is CC/C=C/C=C/C=C/CCCCCCCC(=O)OC(COC(=O)CCC/C=C/C/C=C/C/C=C/C/C=C/CCCCC)CO[C@@H]1O[C@H](CO[C@@H]2O[C@H](CO)[C@H](O)C(O)C2O)[C@H](O)C(O)C1O. The Bertz CT molecular complexity index is 1470. The van der Waals surface area contributed by atoms with E-state index in [-0.39, 0.29) is 19.4 Å². The molecule has 11 atom stereocenters. The minimum absolute atomic E-state index is 0.125. The van der Waals surface area contributed by atoms with Crippen LogP contribution in [0.15, 0.2) is 85.1 Å². The molecule has 66 heavy (non-hydrogen) atoms. The van der Waals surface area contributed by atoms with Crippen molar-refractivity contribution in [3.8, 4) is 0 Å². The zero-order chi connectivity index (χ0) is 48.2. The summed E-state index contributed by atoms with van der Waals surface area (Å²) < 4.78 is 33.4. The zero-order valence-corrected chi connectivity index (χ0v) is 39.4. The van der Waals surface area contributed by atoms with Gasteiger partial charge in [0.05, 0.1) is 19.8 Å². The molecule has 2 fully saturated rings. The lowest BCUT2D eigenvalue weighted by Crippen LogP contribution is -2.61. The van der Waals surface area contributed by atoms with Gasteiger partial charge in [-0.2, -0.15) is 0 Å². The van der Waals surface area contributed by atoms with Crippen LogP contribution in [0.25, 0.3) is 0 Å². The molecule has 0 saturated carbocycles. The number of unbranched alkanes of at least 4 members (excludes halogenated alkanes) is 9. The van der Waals surface area contributed by atoms with E-state index in [2.05, 4.69) is 62.5 Å². The molecule has 0 spiro atoms. The predicted molar refractivity (Wildman–Crippen MR) is 252 cm³/mol. The van der Waals surface area contributed by atoms with Gasteiger partial charge in [0.25, 0.3) is 0 Å². The van der Waals surface area contributed by atoms with E-state index in [0.29, 0.717) is 19.3 Å². The van der Waals surface area contributed by atoms with Crippen LogP contribution in [0.2, 0.25) is 0 Å². The van der Waals surface area contributed by atoms with Crippen molar-refractivity contribution in [1.82, 2.24) is 0 Å². The predicted octanol–water partition coefficient (Wildman–Crippen LogP) is 6.04. The Kier molecular flexibility index (Phi) is 33.5. The summed E-state index contributed by atoms with van der Waals surface area (Å²) in [5.41, 5.74) is 0. The van der Waals surface area contributed by atoms with E-state index >= 15 is 0 Å². The van der Waals surface area contributed by atoms with Crippen molar-refractivity contribution in [3.05, 3.63) is 85.1 Å². The molecule has 15 nitrogen and oxygen atoms in total. The third-order valence-corrected chi connectivity index (χ3v) is 10.9. The fourth-order valence-corrected chi connectivity index (χ4v) is 6.91. The third-order valence-electron chi connectivity index (χ3n) is 10.9. The van der Waals surface area contributed by atoms with Gasteiger partial charge in [0.2, 0.25) is 0 Å². The first-order valence-electron chi connectivity index (χ1n) is 24.2. The van der Waals surface area contributed by atoms with Crippen molar-refractivity contribution in [2.75, 3.05) is 26.4 Å². The average molecular weight is 935 g/mol. The Morgan fingerprint density at radius 1 is 0.515 bits per heavy atom. The van der Waals surface area contributed by atoms with E-state index in [9.17, 15) is 45.3 Å².